The minimum Gasteiger partial charge on any atom is -0.411 e. The van der Waals surface area contributed by atoms with Gasteiger partial charge in [0.1, 0.15) is 11.5 Å². The van der Waals surface area contributed by atoms with Crippen LogP contribution in [0.2, 0.25) is 5.02 Å². The Morgan fingerprint density at radius 2 is 2.18 bits per heavy atom. The summed E-state index contributed by atoms with van der Waals surface area (Å²) in [6.45, 7) is 1.73. The zero-order valence-electron chi connectivity index (χ0n) is 15.1. The van der Waals surface area contributed by atoms with E-state index in [-0.39, 0.29) is 23.9 Å². The van der Waals surface area contributed by atoms with Crippen molar-refractivity contribution in [1.29, 1.82) is 0 Å². The zero-order chi connectivity index (χ0) is 20.7. The summed E-state index contributed by atoms with van der Waals surface area (Å²) in [4.78, 5) is 11.7. The van der Waals surface area contributed by atoms with Crippen LogP contribution in [-0.4, -0.2) is 59.4 Å². The van der Waals surface area contributed by atoms with E-state index in [2.05, 4.69) is 20.8 Å². The highest BCUT2D eigenvalue weighted by molar-refractivity contribution is 7.99. The van der Waals surface area contributed by atoms with E-state index >= 15 is 0 Å². The lowest BCUT2D eigenvalue weighted by Gasteiger charge is -2.12. The van der Waals surface area contributed by atoms with E-state index in [1.165, 1.54) is 11.8 Å². The van der Waals surface area contributed by atoms with Crippen LogP contribution < -0.4 is 5.32 Å². The fourth-order valence-corrected chi connectivity index (χ4v) is 3.90. The van der Waals surface area contributed by atoms with Crippen molar-refractivity contribution in [3.05, 3.63) is 40.5 Å². The monoisotopic (exact) mass is 446 g/mol. The van der Waals surface area contributed by atoms with E-state index in [4.69, 9.17) is 16.2 Å². The molecule has 1 atom stereocenters. The van der Waals surface area contributed by atoms with E-state index in [0.29, 0.717) is 15.8 Å². The number of nitrogens with zero attached hydrogens (tertiary/aromatic N) is 3. The van der Waals surface area contributed by atoms with E-state index in [1.807, 2.05) is 6.07 Å². The average Bonchev–Trinajstić information content (AvgIpc) is 3.04. The van der Waals surface area contributed by atoms with Crippen LogP contribution in [0.5, 0.6) is 0 Å². The van der Waals surface area contributed by atoms with Crippen LogP contribution in [0.1, 0.15) is 18.2 Å². The maximum absolute atomic E-state index is 11.7. The zero-order valence-corrected chi connectivity index (χ0v) is 17.5. The lowest BCUT2D eigenvalue weighted by molar-refractivity contribution is -0.119. The number of carbonyl (C=O) groups is 1. The second-order valence-corrected chi connectivity index (χ2v) is 9.71. The number of thioether (sulfide) groups is 1. The molecule has 12 heteroatoms. The van der Waals surface area contributed by atoms with E-state index < -0.39 is 21.5 Å². The normalized spacial score (nSPS) is 13.3. The molecule has 28 heavy (non-hydrogen) atoms. The molecule has 0 saturated heterocycles. The quantitative estimate of drug-likeness (QED) is 0.257. The van der Waals surface area contributed by atoms with Crippen LogP contribution in [0.3, 0.4) is 0 Å². The average molecular weight is 447 g/mol. The van der Waals surface area contributed by atoms with Crippen molar-refractivity contribution in [2.45, 2.75) is 24.4 Å². The lowest BCUT2D eigenvalue weighted by Crippen LogP contribution is -2.37. The lowest BCUT2D eigenvalue weighted by atomic mass is 10.1. The summed E-state index contributed by atoms with van der Waals surface area (Å²) < 4.78 is 27.1. The van der Waals surface area contributed by atoms with Gasteiger partial charge < -0.3 is 10.5 Å². The highest BCUT2D eigenvalue weighted by atomic mass is 35.5. The van der Waals surface area contributed by atoms with Gasteiger partial charge in [-0.05, 0) is 34.9 Å². The predicted molar refractivity (Wildman–Crippen MR) is 106 cm³/mol. The minimum atomic E-state index is -3.39. The third-order valence-corrected chi connectivity index (χ3v) is 5.61. The molecule has 1 aromatic heterocycles. The molecule has 0 aliphatic rings. The smallest absolute Gasteiger partial charge is 0.235 e. The highest BCUT2D eigenvalue weighted by Gasteiger charge is 2.20. The number of hydrogen-bond acceptors (Lipinski definition) is 9. The van der Waals surface area contributed by atoms with Crippen LogP contribution in [0, 0.1) is 0 Å². The van der Waals surface area contributed by atoms with Gasteiger partial charge in [0, 0.05) is 29.5 Å². The summed E-state index contributed by atoms with van der Waals surface area (Å²) in [5, 5.41) is 23.8. The first-order valence-electron chi connectivity index (χ1n) is 8.06. The molecule has 152 valence electrons. The van der Waals surface area contributed by atoms with Crippen molar-refractivity contribution in [2.24, 2.45) is 5.16 Å². The Morgan fingerprint density at radius 1 is 1.43 bits per heavy atom. The standard InChI is InChI=1S/C16H19ClN4O5S2/c1-10(18-14(22)9-28(2,24)25)8-27-16-15(20-26-21-16)13(19-23)7-11-4-3-5-12(17)6-11/h3-6,10,23H,7-9H2,1-2H3,(H,18,22)/t10-/m1/s1. The molecule has 2 aromatic rings. The SMILES string of the molecule is C[C@H](CSc1nonc1C(Cc1cccc(Cl)c1)=NO)NC(=O)CS(C)(=O)=O. The summed E-state index contributed by atoms with van der Waals surface area (Å²) in [6.07, 6.45) is 1.26. The molecular formula is C16H19ClN4O5S2. The number of nitrogens with one attached hydrogen (secondary N) is 1. The second kappa shape index (κ2) is 9.89. The van der Waals surface area contributed by atoms with Gasteiger partial charge in [0.25, 0.3) is 0 Å². The molecular weight excluding hydrogens is 428 g/mol. The Kier molecular flexibility index (Phi) is 7.84. The molecule has 0 radical (unpaired) electrons. The summed E-state index contributed by atoms with van der Waals surface area (Å²) in [6, 6.07) is 6.76. The summed E-state index contributed by atoms with van der Waals surface area (Å²) in [7, 11) is -3.39. The number of amides is 1. The van der Waals surface area contributed by atoms with Gasteiger partial charge in [-0.15, -0.1) is 0 Å². The molecule has 2 rings (SSSR count). The van der Waals surface area contributed by atoms with Crippen molar-refractivity contribution in [3.63, 3.8) is 0 Å². The van der Waals surface area contributed by atoms with Gasteiger partial charge in [-0.1, -0.05) is 40.7 Å². The molecule has 1 amide bonds. The molecule has 1 aromatic carbocycles. The third kappa shape index (κ3) is 7.13. The van der Waals surface area contributed by atoms with Crippen molar-refractivity contribution >= 4 is 44.8 Å². The van der Waals surface area contributed by atoms with Crippen LogP contribution in [-0.2, 0) is 21.1 Å². The molecule has 0 spiro atoms. The molecule has 0 aliphatic carbocycles. The van der Waals surface area contributed by atoms with Gasteiger partial charge in [-0.25, -0.2) is 13.0 Å². The van der Waals surface area contributed by atoms with E-state index in [9.17, 15) is 18.4 Å². The number of benzene rings is 1. The summed E-state index contributed by atoms with van der Waals surface area (Å²) >= 11 is 7.20. The third-order valence-electron chi connectivity index (χ3n) is 3.38. The van der Waals surface area contributed by atoms with Crippen molar-refractivity contribution in [1.82, 2.24) is 15.6 Å². The minimum absolute atomic E-state index is 0.250. The molecule has 0 fully saturated rings. The number of aromatic nitrogens is 2. The van der Waals surface area contributed by atoms with Crippen LogP contribution >= 0.6 is 23.4 Å². The fourth-order valence-electron chi connectivity index (χ4n) is 2.26. The van der Waals surface area contributed by atoms with Crippen molar-refractivity contribution < 1.29 is 23.0 Å². The Morgan fingerprint density at radius 3 is 2.82 bits per heavy atom. The topological polar surface area (TPSA) is 135 Å². The Hall–Kier alpha value is -2.11. The molecule has 0 unspecified atom stereocenters. The van der Waals surface area contributed by atoms with E-state index in [1.54, 1.807) is 25.1 Å². The van der Waals surface area contributed by atoms with Crippen LogP contribution in [0.15, 0.2) is 39.1 Å². The van der Waals surface area contributed by atoms with Crippen molar-refractivity contribution in [2.75, 3.05) is 17.8 Å². The van der Waals surface area contributed by atoms with E-state index in [0.717, 1.165) is 11.8 Å². The number of rotatable bonds is 9. The first-order valence-corrected chi connectivity index (χ1v) is 11.5. The van der Waals surface area contributed by atoms with Gasteiger partial charge in [0.2, 0.25) is 5.91 Å². The highest BCUT2D eigenvalue weighted by Crippen LogP contribution is 2.22. The number of hydrogen-bond donors (Lipinski definition) is 2. The van der Waals surface area contributed by atoms with Crippen LogP contribution in [0.4, 0.5) is 0 Å². The Bertz CT molecular complexity index is 961. The van der Waals surface area contributed by atoms with Crippen LogP contribution in [0.25, 0.3) is 0 Å². The number of oxime groups is 1. The summed E-state index contributed by atoms with van der Waals surface area (Å²) in [5.74, 6) is -0.764. The van der Waals surface area contributed by atoms with Gasteiger partial charge >= 0.3 is 0 Å². The number of sulfone groups is 1. The van der Waals surface area contributed by atoms with Gasteiger partial charge in [-0.2, -0.15) is 0 Å². The molecule has 9 nitrogen and oxygen atoms in total. The molecule has 0 bridgehead atoms. The first-order chi connectivity index (χ1) is 13.2. The van der Waals surface area contributed by atoms with Gasteiger partial charge in [0.05, 0.1) is 0 Å². The Labute approximate surface area is 171 Å². The largest absolute Gasteiger partial charge is 0.411 e. The molecule has 0 saturated carbocycles. The first kappa shape index (κ1) is 22.2. The second-order valence-electron chi connectivity index (χ2n) is 6.12. The molecule has 0 aliphatic heterocycles. The van der Waals surface area contributed by atoms with Crippen molar-refractivity contribution in [3.8, 4) is 0 Å². The maximum atomic E-state index is 11.7. The molecule has 1 heterocycles. The maximum Gasteiger partial charge on any atom is 0.235 e. The number of halogens is 1. The van der Waals surface area contributed by atoms with Gasteiger partial charge in [-0.3, -0.25) is 4.79 Å². The number of carbonyl (C=O) groups excluding carboxylic acids is 1. The molecule has 2 N–H and O–H groups in total. The Balaban J connectivity index is 1.99. The predicted octanol–water partition coefficient (Wildman–Crippen LogP) is 1.79. The summed E-state index contributed by atoms with van der Waals surface area (Å²) in [5.41, 5.74) is 1.35. The fraction of sp³-hybridized carbons (Fsp3) is 0.375. The van der Waals surface area contributed by atoms with Gasteiger partial charge in [0.15, 0.2) is 20.6 Å².